The Bertz CT molecular complexity index is 560. The summed E-state index contributed by atoms with van der Waals surface area (Å²) in [6.45, 7) is 0.930. The van der Waals surface area contributed by atoms with Crippen LogP contribution >= 0.6 is 0 Å². The van der Waals surface area contributed by atoms with Gasteiger partial charge in [-0.3, -0.25) is 4.57 Å². The molecule has 0 bridgehead atoms. The number of ether oxygens (including phenoxy) is 1. The molecule has 0 saturated heterocycles. The lowest BCUT2D eigenvalue weighted by molar-refractivity contribution is 0.0866. The number of aliphatic hydroxyl groups is 1. The highest BCUT2D eigenvalue weighted by Crippen LogP contribution is 2.10. The fourth-order valence-corrected chi connectivity index (χ4v) is 1.61. The Hall–Kier alpha value is -1.53. The summed E-state index contributed by atoms with van der Waals surface area (Å²) in [5.41, 5.74) is 1.73. The van der Waals surface area contributed by atoms with Crippen LogP contribution in [0.15, 0.2) is 27.4 Å². The zero-order valence-electron chi connectivity index (χ0n) is 9.26. The molecule has 88 valence electrons. The minimum atomic E-state index is -0.432. The summed E-state index contributed by atoms with van der Waals surface area (Å²) >= 11 is 0. The number of aromatic nitrogens is 1. The lowest BCUT2D eigenvalue weighted by Crippen LogP contribution is -2.18. The van der Waals surface area contributed by atoms with E-state index in [1.54, 1.807) is 18.2 Å². The molecule has 0 aliphatic rings. The van der Waals surface area contributed by atoms with Crippen LogP contribution in [0.2, 0.25) is 0 Å². The van der Waals surface area contributed by atoms with Gasteiger partial charge in [-0.25, -0.2) is 4.79 Å². The molecule has 1 N–H and O–H groups in total. The first-order valence-electron chi connectivity index (χ1n) is 5.30. The fraction of sp³-hybridized carbons (Fsp3) is 0.364. The number of benzene rings is 1. The van der Waals surface area contributed by atoms with Crippen molar-refractivity contribution in [1.82, 2.24) is 4.57 Å². The molecule has 6 heteroatoms. The zero-order valence-corrected chi connectivity index (χ0v) is 9.26. The number of aliphatic hydroxyl groups excluding tert-OH is 1. The van der Waals surface area contributed by atoms with E-state index in [9.17, 15) is 4.79 Å². The molecule has 17 heavy (non-hydrogen) atoms. The van der Waals surface area contributed by atoms with E-state index in [1.165, 1.54) is 4.57 Å². The summed E-state index contributed by atoms with van der Waals surface area (Å²) in [5, 5.41) is 8.56. The van der Waals surface area contributed by atoms with Crippen molar-refractivity contribution < 1.29 is 14.3 Å². The minimum absolute atomic E-state index is 0.0337. The van der Waals surface area contributed by atoms with Crippen LogP contribution in [0.1, 0.15) is 0 Å². The number of nitrogens with zero attached hydrogens (tertiary/aromatic N) is 1. The van der Waals surface area contributed by atoms with Crippen LogP contribution in [0.3, 0.4) is 0 Å². The minimum Gasteiger partial charge on any atom is -0.408 e. The van der Waals surface area contributed by atoms with E-state index < -0.39 is 5.76 Å². The fourth-order valence-electron chi connectivity index (χ4n) is 1.61. The third-order valence-corrected chi connectivity index (χ3v) is 2.39. The van der Waals surface area contributed by atoms with Gasteiger partial charge in [-0.2, -0.15) is 0 Å². The van der Waals surface area contributed by atoms with E-state index in [0.29, 0.717) is 29.7 Å². The van der Waals surface area contributed by atoms with Gasteiger partial charge in [0.05, 0.1) is 31.9 Å². The van der Waals surface area contributed by atoms with Gasteiger partial charge >= 0.3 is 5.76 Å². The molecule has 1 aromatic carbocycles. The molecular weight excluding hydrogens is 221 g/mol. The van der Waals surface area contributed by atoms with Crippen molar-refractivity contribution in [3.63, 3.8) is 0 Å². The number of fused-ring (bicyclic) bond motifs is 1. The van der Waals surface area contributed by atoms with E-state index in [0.717, 1.165) is 0 Å². The number of hydrogen-bond acceptors (Lipinski definition) is 4. The normalized spacial score (nSPS) is 11.1. The van der Waals surface area contributed by atoms with E-state index in [-0.39, 0.29) is 13.2 Å². The zero-order chi connectivity index (χ0) is 12.3. The van der Waals surface area contributed by atoms with Crippen LogP contribution < -0.4 is 11.2 Å². The summed E-state index contributed by atoms with van der Waals surface area (Å²) in [5.74, 6) is -0.432. The largest absolute Gasteiger partial charge is 0.420 e. The molecule has 5 nitrogen and oxygen atoms in total. The SMILES string of the molecule is [B]c1ccc2oc(=O)n(CCOCCO)c2c1. The first kappa shape index (κ1) is 11.9. The molecule has 0 atom stereocenters. The van der Waals surface area contributed by atoms with Crippen molar-refractivity contribution in [3.8, 4) is 0 Å². The quantitative estimate of drug-likeness (QED) is 0.553. The predicted molar refractivity (Wildman–Crippen MR) is 63.8 cm³/mol. The Morgan fingerprint density at radius 2 is 2.24 bits per heavy atom. The molecule has 1 aromatic heterocycles. The van der Waals surface area contributed by atoms with Crippen LogP contribution in [0.4, 0.5) is 0 Å². The first-order valence-corrected chi connectivity index (χ1v) is 5.30. The highest BCUT2D eigenvalue weighted by Gasteiger charge is 2.08. The lowest BCUT2D eigenvalue weighted by Gasteiger charge is -2.03. The second kappa shape index (κ2) is 5.20. The average Bonchev–Trinajstić information content (AvgIpc) is 2.61. The third-order valence-electron chi connectivity index (χ3n) is 2.39. The summed E-state index contributed by atoms with van der Waals surface area (Å²) in [6, 6.07) is 5.03. The number of oxazole rings is 1. The highest BCUT2D eigenvalue weighted by molar-refractivity contribution is 6.33. The molecule has 0 aliphatic carbocycles. The first-order chi connectivity index (χ1) is 8.22. The van der Waals surface area contributed by atoms with Gasteiger partial charge in [-0.05, 0) is 12.1 Å². The van der Waals surface area contributed by atoms with Gasteiger partial charge in [0.15, 0.2) is 5.58 Å². The van der Waals surface area contributed by atoms with Gasteiger partial charge in [0.2, 0.25) is 0 Å². The van der Waals surface area contributed by atoms with Crippen molar-refractivity contribution in [2.45, 2.75) is 6.54 Å². The summed E-state index contributed by atoms with van der Waals surface area (Å²) < 4.78 is 11.6. The van der Waals surface area contributed by atoms with Crippen LogP contribution in [0, 0.1) is 0 Å². The number of hydrogen-bond donors (Lipinski definition) is 1. The second-order valence-electron chi connectivity index (χ2n) is 3.58. The average molecular weight is 233 g/mol. The van der Waals surface area contributed by atoms with E-state index in [2.05, 4.69) is 0 Å². The van der Waals surface area contributed by atoms with Gasteiger partial charge in [0.25, 0.3) is 0 Å². The maximum atomic E-state index is 11.6. The van der Waals surface area contributed by atoms with Gasteiger partial charge in [0.1, 0.15) is 7.85 Å². The van der Waals surface area contributed by atoms with Crippen LogP contribution in [0.25, 0.3) is 11.1 Å². The molecule has 0 unspecified atom stereocenters. The van der Waals surface area contributed by atoms with Gasteiger partial charge in [0, 0.05) is 0 Å². The summed E-state index contributed by atoms with van der Waals surface area (Å²) in [6.07, 6.45) is 0. The predicted octanol–water partition coefficient (Wildman–Crippen LogP) is -0.603. The van der Waals surface area contributed by atoms with Crippen molar-refractivity contribution in [3.05, 3.63) is 28.7 Å². The second-order valence-corrected chi connectivity index (χ2v) is 3.58. The molecule has 0 amide bonds. The Morgan fingerprint density at radius 3 is 3.00 bits per heavy atom. The van der Waals surface area contributed by atoms with Gasteiger partial charge < -0.3 is 14.3 Å². The van der Waals surface area contributed by atoms with E-state index in [4.69, 9.17) is 22.1 Å². The Morgan fingerprint density at radius 1 is 1.41 bits per heavy atom. The van der Waals surface area contributed by atoms with E-state index >= 15 is 0 Å². The molecule has 0 spiro atoms. The van der Waals surface area contributed by atoms with Crippen molar-refractivity contribution in [1.29, 1.82) is 0 Å². The monoisotopic (exact) mass is 233 g/mol. The maximum Gasteiger partial charge on any atom is 0.420 e. The Balaban J connectivity index is 2.23. The topological polar surface area (TPSA) is 64.6 Å². The Labute approximate surface area is 99.0 Å². The van der Waals surface area contributed by atoms with Crippen LogP contribution in [0.5, 0.6) is 0 Å². The highest BCUT2D eigenvalue weighted by atomic mass is 16.5. The van der Waals surface area contributed by atoms with Gasteiger partial charge in [-0.15, -0.1) is 0 Å². The summed E-state index contributed by atoms with van der Waals surface area (Å²) in [7, 11) is 5.66. The molecule has 2 radical (unpaired) electrons. The molecule has 0 saturated carbocycles. The number of rotatable bonds is 5. The van der Waals surface area contributed by atoms with Crippen molar-refractivity contribution in [2.75, 3.05) is 19.8 Å². The lowest BCUT2D eigenvalue weighted by atomic mass is 9.96. The standard InChI is InChI=1S/C11H12BNO4/c12-8-1-2-10-9(7-8)13(11(15)17-10)3-5-16-6-4-14/h1-2,7,14H,3-6H2. The molecule has 1 heterocycles. The molecular formula is C11H12BNO4. The van der Waals surface area contributed by atoms with Gasteiger partial charge in [-0.1, -0.05) is 11.5 Å². The molecule has 0 fully saturated rings. The Kier molecular flexibility index (Phi) is 3.66. The van der Waals surface area contributed by atoms with Crippen molar-refractivity contribution >= 4 is 24.4 Å². The smallest absolute Gasteiger partial charge is 0.408 e. The van der Waals surface area contributed by atoms with Crippen LogP contribution in [-0.2, 0) is 11.3 Å². The van der Waals surface area contributed by atoms with Crippen molar-refractivity contribution in [2.24, 2.45) is 0 Å². The molecule has 2 rings (SSSR count). The molecule has 0 aliphatic heterocycles. The molecule has 2 aromatic rings. The van der Waals surface area contributed by atoms with Crippen LogP contribution in [-0.4, -0.2) is 37.3 Å². The summed E-state index contributed by atoms with van der Waals surface area (Å²) in [4.78, 5) is 11.6. The van der Waals surface area contributed by atoms with E-state index in [1.807, 2.05) is 0 Å². The maximum absolute atomic E-state index is 11.6. The third kappa shape index (κ3) is 2.59.